The molecule has 0 radical (unpaired) electrons. The van der Waals surface area contributed by atoms with Crippen LogP contribution in [0.3, 0.4) is 0 Å². The Morgan fingerprint density at radius 3 is 2.57 bits per heavy atom. The van der Waals surface area contributed by atoms with Crippen LogP contribution in [0.25, 0.3) is 11.1 Å². The first kappa shape index (κ1) is 26.2. The van der Waals surface area contributed by atoms with Gasteiger partial charge >= 0.3 is 0 Å². The lowest BCUT2D eigenvalue weighted by Gasteiger charge is -2.32. The van der Waals surface area contributed by atoms with Gasteiger partial charge in [0, 0.05) is 23.9 Å². The number of amides is 1. The predicted molar refractivity (Wildman–Crippen MR) is 134 cm³/mol. The maximum absolute atomic E-state index is 13.8. The fraction of sp³-hybridized carbons (Fsp3) is 0.321. The zero-order valence-electron chi connectivity index (χ0n) is 20.4. The first-order chi connectivity index (χ1) is 17.8. The zero-order chi connectivity index (χ0) is 26.5. The van der Waals surface area contributed by atoms with Gasteiger partial charge in [-0.2, -0.15) is 5.26 Å². The van der Waals surface area contributed by atoms with Crippen molar-refractivity contribution in [2.75, 3.05) is 26.2 Å². The van der Waals surface area contributed by atoms with E-state index in [1.54, 1.807) is 13.0 Å². The molecule has 3 aromatic rings. The van der Waals surface area contributed by atoms with Gasteiger partial charge in [0.25, 0.3) is 5.91 Å². The summed E-state index contributed by atoms with van der Waals surface area (Å²) in [5, 5.41) is 12.2. The summed E-state index contributed by atoms with van der Waals surface area (Å²) >= 11 is 0. The molecule has 1 amide bonds. The van der Waals surface area contributed by atoms with E-state index in [-0.39, 0.29) is 22.6 Å². The molecular weight excluding hydrogens is 481 g/mol. The van der Waals surface area contributed by atoms with Crippen LogP contribution in [0.4, 0.5) is 13.2 Å². The number of halogens is 3. The molecular formula is C28H27F3N4O2. The van der Waals surface area contributed by atoms with Crippen molar-refractivity contribution in [2.24, 2.45) is 0 Å². The second-order valence-corrected chi connectivity index (χ2v) is 9.24. The number of H-pyrrole nitrogens is 1. The first-order valence-electron chi connectivity index (χ1n) is 12.2. The van der Waals surface area contributed by atoms with Crippen LogP contribution in [0, 0.1) is 35.7 Å². The molecule has 6 nitrogen and oxygen atoms in total. The number of nitrogens with one attached hydrogen (secondary N) is 2. The van der Waals surface area contributed by atoms with Crippen molar-refractivity contribution in [2.45, 2.75) is 32.1 Å². The van der Waals surface area contributed by atoms with Crippen molar-refractivity contribution < 1.29 is 18.0 Å². The normalized spacial score (nSPS) is 14.4. The summed E-state index contributed by atoms with van der Waals surface area (Å²) in [6.45, 7) is 4.41. The highest BCUT2D eigenvalue weighted by atomic mass is 19.2. The number of hydrogen-bond donors (Lipinski definition) is 2. The van der Waals surface area contributed by atoms with Crippen molar-refractivity contribution in [3.8, 4) is 17.2 Å². The first-order valence-corrected chi connectivity index (χ1v) is 12.2. The van der Waals surface area contributed by atoms with E-state index in [9.17, 15) is 28.0 Å². The number of carbonyl (C=O) groups is 1. The Balaban J connectivity index is 1.33. The summed E-state index contributed by atoms with van der Waals surface area (Å²) in [4.78, 5) is 29.9. The minimum absolute atomic E-state index is 0.207. The number of aryl methyl sites for hydroxylation is 1. The number of likely N-dealkylation sites (tertiary alicyclic amines) is 1. The molecule has 0 spiro atoms. The molecule has 1 fully saturated rings. The number of hydrogen-bond acceptors (Lipinski definition) is 4. The molecule has 1 aliphatic rings. The minimum atomic E-state index is -1.06. The van der Waals surface area contributed by atoms with Gasteiger partial charge in [-0.05, 0) is 87.1 Å². The summed E-state index contributed by atoms with van der Waals surface area (Å²) < 4.78 is 40.6. The quantitative estimate of drug-likeness (QED) is 0.455. The fourth-order valence-corrected chi connectivity index (χ4v) is 4.91. The van der Waals surface area contributed by atoms with Crippen molar-refractivity contribution in [3.05, 3.63) is 92.7 Å². The highest BCUT2D eigenvalue weighted by molar-refractivity contribution is 6.01. The number of benzene rings is 2. The molecule has 37 heavy (non-hydrogen) atoms. The lowest BCUT2D eigenvalue weighted by atomic mass is 9.86. The Morgan fingerprint density at radius 1 is 1.11 bits per heavy atom. The van der Waals surface area contributed by atoms with E-state index in [1.165, 1.54) is 24.3 Å². The third-order valence-electron chi connectivity index (χ3n) is 6.79. The second-order valence-electron chi connectivity index (χ2n) is 9.24. The Bertz CT molecular complexity index is 1410. The standard InChI is InChI=1S/C28H27F3N4O2/c1-17-27(23(15-26(36)34-17)19-3-6-24(30)25(31)14-19)28(37)33-9-2-10-35-11-7-18(8-12-35)22-5-4-21(29)13-20(22)16-32/h3-6,13-15,18H,2,7-12H2,1H3,(H,33,37)(H,34,36). The molecule has 2 aromatic carbocycles. The van der Waals surface area contributed by atoms with Crippen LogP contribution in [0.1, 0.15) is 52.4 Å². The Morgan fingerprint density at radius 2 is 1.86 bits per heavy atom. The van der Waals surface area contributed by atoms with Gasteiger partial charge in [-0.15, -0.1) is 0 Å². The minimum Gasteiger partial charge on any atom is -0.352 e. The van der Waals surface area contributed by atoms with E-state index in [0.29, 0.717) is 24.2 Å². The van der Waals surface area contributed by atoms with E-state index >= 15 is 0 Å². The third kappa shape index (κ3) is 6.09. The van der Waals surface area contributed by atoms with Crippen LogP contribution in [0.2, 0.25) is 0 Å². The molecule has 0 saturated carbocycles. The Labute approximate surface area is 212 Å². The van der Waals surface area contributed by atoms with E-state index in [0.717, 1.165) is 50.2 Å². The van der Waals surface area contributed by atoms with E-state index in [2.05, 4.69) is 21.3 Å². The monoisotopic (exact) mass is 508 g/mol. The van der Waals surface area contributed by atoms with Gasteiger partial charge in [-0.3, -0.25) is 9.59 Å². The lowest BCUT2D eigenvalue weighted by molar-refractivity contribution is 0.0950. The van der Waals surface area contributed by atoms with E-state index < -0.39 is 28.9 Å². The van der Waals surface area contributed by atoms with Crippen LogP contribution < -0.4 is 10.9 Å². The van der Waals surface area contributed by atoms with Crippen LogP contribution in [-0.2, 0) is 0 Å². The summed E-state index contributed by atoms with van der Waals surface area (Å²) in [6, 6.07) is 10.9. The summed E-state index contributed by atoms with van der Waals surface area (Å²) in [6.07, 6.45) is 2.42. The van der Waals surface area contributed by atoms with E-state index in [1.807, 2.05) is 0 Å². The molecule has 0 aliphatic carbocycles. The van der Waals surface area contributed by atoms with Gasteiger partial charge in [-0.25, -0.2) is 13.2 Å². The van der Waals surface area contributed by atoms with Crippen molar-refractivity contribution >= 4 is 5.91 Å². The number of aromatic nitrogens is 1. The van der Waals surface area contributed by atoms with Crippen LogP contribution in [0.5, 0.6) is 0 Å². The average Bonchev–Trinajstić information content (AvgIpc) is 2.88. The van der Waals surface area contributed by atoms with Gasteiger partial charge in [0.15, 0.2) is 11.6 Å². The molecule has 2 N–H and O–H groups in total. The lowest BCUT2D eigenvalue weighted by Crippen LogP contribution is -2.36. The maximum atomic E-state index is 13.8. The number of piperidine rings is 1. The molecule has 0 bridgehead atoms. The topological polar surface area (TPSA) is 89.0 Å². The van der Waals surface area contributed by atoms with Crippen LogP contribution >= 0.6 is 0 Å². The predicted octanol–water partition coefficient (Wildman–Crippen LogP) is 4.64. The second kappa shape index (κ2) is 11.4. The molecule has 2 heterocycles. The summed E-state index contributed by atoms with van der Waals surface area (Å²) in [5.74, 6) is -2.68. The smallest absolute Gasteiger partial charge is 0.253 e. The molecule has 0 unspecified atom stereocenters. The summed E-state index contributed by atoms with van der Waals surface area (Å²) in [7, 11) is 0. The number of carbonyl (C=O) groups excluding carboxylic acids is 1. The van der Waals surface area contributed by atoms with Gasteiger partial charge in [0.1, 0.15) is 5.82 Å². The van der Waals surface area contributed by atoms with E-state index in [4.69, 9.17) is 0 Å². The number of pyridine rings is 1. The average molecular weight is 509 g/mol. The summed E-state index contributed by atoms with van der Waals surface area (Å²) in [5.41, 5.74) is 1.85. The van der Waals surface area contributed by atoms with Gasteiger partial charge in [-0.1, -0.05) is 12.1 Å². The van der Waals surface area contributed by atoms with Gasteiger partial charge in [0.05, 0.1) is 17.2 Å². The SMILES string of the molecule is Cc1[nH]c(=O)cc(-c2ccc(F)c(F)c2)c1C(=O)NCCCN1CCC(c2ccc(F)cc2C#N)CC1. The highest BCUT2D eigenvalue weighted by Crippen LogP contribution is 2.31. The molecule has 4 rings (SSSR count). The molecule has 1 aliphatic heterocycles. The molecule has 0 atom stereocenters. The highest BCUT2D eigenvalue weighted by Gasteiger charge is 2.23. The molecule has 192 valence electrons. The fourth-order valence-electron chi connectivity index (χ4n) is 4.91. The number of rotatable bonds is 7. The largest absolute Gasteiger partial charge is 0.352 e. The number of nitriles is 1. The van der Waals surface area contributed by atoms with Crippen molar-refractivity contribution in [1.82, 2.24) is 15.2 Å². The number of nitrogens with zero attached hydrogens (tertiary/aromatic N) is 2. The molecule has 1 saturated heterocycles. The van der Waals surface area contributed by atoms with Crippen molar-refractivity contribution in [1.29, 1.82) is 5.26 Å². The zero-order valence-corrected chi connectivity index (χ0v) is 20.4. The Hall–Kier alpha value is -3.90. The van der Waals surface area contributed by atoms with Crippen LogP contribution in [0.15, 0.2) is 47.3 Å². The Kier molecular flexibility index (Phi) is 8.09. The van der Waals surface area contributed by atoms with Gasteiger partial charge in [0.2, 0.25) is 5.56 Å². The molecule has 1 aromatic heterocycles. The molecule has 9 heteroatoms. The maximum Gasteiger partial charge on any atom is 0.253 e. The van der Waals surface area contributed by atoms with Gasteiger partial charge < -0.3 is 15.2 Å². The number of aromatic amines is 1. The third-order valence-corrected chi connectivity index (χ3v) is 6.79. The van der Waals surface area contributed by atoms with Crippen LogP contribution in [-0.4, -0.2) is 42.0 Å². The van der Waals surface area contributed by atoms with Crippen molar-refractivity contribution in [3.63, 3.8) is 0 Å².